The van der Waals surface area contributed by atoms with Gasteiger partial charge >= 0.3 is 0 Å². The van der Waals surface area contributed by atoms with Crippen molar-refractivity contribution in [1.82, 2.24) is 10.2 Å². The second-order valence-corrected chi connectivity index (χ2v) is 6.49. The summed E-state index contributed by atoms with van der Waals surface area (Å²) in [5, 5.41) is 6.40. The van der Waals surface area contributed by atoms with E-state index in [0.29, 0.717) is 12.2 Å². The van der Waals surface area contributed by atoms with Crippen molar-refractivity contribution >= 4 is 34.8 Å². The van der Waals surface area contributed by atoms with E-state index in [1.165, 1.54) is 6.07 Å². The predicted octanol–water partition coefficient (Wildman–Crippen LogP) is 3.88. The van der Waals surface area contributed by atoms with E-state index in [4.69, 9.17) is 39.5 Å². The molecule has 0 bridgehead atoms. The minimum absolute atomic E-state index is 0.00610. The Hall–Kier alpha value is -1.23. The highest BCUT2D eigenvalue weighted by atomic mass is 35.5. The fourth-order valence-electron chi connectivity index (χ4n) is 1.96. The lowest BCUT2D eigenvalue weighted by Crippen LogP contribution is -2.08. The van der Waals surface area contributed by atoms with Crippen LogP contribution < -0.4 is 10.2 Å². The highest BCUT2D eigenvalue weighted by molar-refractivity contribution is 6.51. The SMILES string of the molecule is O=c1cc(Cl)[nH]nc1Oc1ccccc1C1CC1(Cl)Cl. The average Bonchev–Trinajstić information content (AvgIpc) is 3.02. The van der Waals surface area contributed by atoms with Crippen molar-refractivity contribution < 1.29 is 4.74 Å². The summed E-state index contributed by atoms with van der Waals surface area (Å²) in [7, 11) is 0. The van der Waals surface area contributed by atoms with Crippen molar-refractivity contribution in [2.45, 2.75) is 16.7 Å². The van der Waals surface area contributed by atoms with Gasteiger partial charge in [-0.1, -0.05) is 29.8 Å². The van der Waals surface area contributed by atoms with Crippen LogP contribution in [0.5, 0.6) is 11.6 Å². The van der Waals surface area contributed by atoms with E-state index >= 15 is 0 Å². The Morgan fingerprint density at radius 1 is 1.35 bits per heavy atom. The maximum atomic E-state index is 11.7. The number of rotatable bonds is 3. The zero-order valence-corrected chi connectivity index (χ0v) is 12.3. The maximum Gasteiger partial charge on any atom is 0.285 e. The fraction of sp³-hybridized carbons (Fsp3) is 0.231. The Kier molecular flexibility index (Phi) is 3.40. The summed E-state index contributed by atoms with van der Waals surface area (Å²) in [5.41, 5.74) is 0.455. The molecule has 1 fully saturated rings. The Balaban J connectivity index is 1.94. The van der Waals surface area contributed by atoms with Gasteiger partial charge in [0.25, 0.3) is 5.88 Å². The lowest BCUT2D eigenvalue weighted by atomic mass is 10.1. The number of nitrogens with zero attached hydrogens (tertiary/aromatic N) is 1. The first-order valence-electron chi connectivity index (χ1n) is 5.87. The van der Waals surface area contributed by atoms with Crippen molar-refractivity contribution in [3.05, 3.63) is 51.3 Å². The number of benzene rings is 1. The Bertz CT molecular complexity index is 715. The molecule has 0 aliphatic heterocycles. The monoisotopic (exact) mass is 330 g/mol. The normalized spacial score (nSPS) is 19.6. The van der Waals surface area contributed by atoms with Gasteiger partial charge in [-0.2, -0.15) is 0 Å². The fourth-order valence-corrected chi connectivity index (χ4v) is 2.64. The number of ether oxygens (including phenoxy) is 1. The summed E-state index contributed by atoms with van der Waals surface area (Å²) in [6.45, 7) is 0. The second kappa shape index (κ2) is 4.95. The molecule has 2 aromatic rings. The van der Waals surface area contributed by atoms with Gasteiger partial charge in [-0.15, -0.1) is 28.3 Å². The third-order valence-corrected chi connectivity index (χ3v) is 4.09. The second-order valence-electron chi connectivity index (χ2n) is 4.54. The summed E-state index contributed by atoms with van der Waals surface area (Å²) < 4.78 is 4.79. The van der Waals surface area contributed by atoms with E-state index in [1.807, 2.05) is 12.1 Å². The third-order valence-electron chi connectivity index (χ3n) is 3.06. The predicted molar refractivity (Wildman–Crippen MR) is 78.2 cm³/mol. The van der Waals surface area contributed by atoms with Gasteiger partial charge in [0.15, 0.2) is 0 Å². The summed E-state index contributed by atoms with van der Waals surface area (Å²) in [5.74, 6) is 0.437. The number of H-pyrrole nitrogens is 1. The van der Waals surface area contributed by atoms with E-state index in [2.05, 4.69) is 10.2 Å². The van der Waals surface area contributed by atoms with E-state index in [9.17, 15) is 4.79 Å². The van der Waals surface area contributed by atoms with Crippen LogP contribution in [0, 0.1) is 0 Å². The van der Waals surface area contributed by atoms with E-state index in [1.54, 1.807) is 12.1 Å². The van der Waals surface area contributed by atoms with E-state index in [0.717, 1.165) is 5.56 Å². The zero-order chi connectivity index (χ0) is 14.3. The van der Waals surface area contributed by atoms with Crippen molar-refractivity contribution in [1.29, 1.82) is 0 Å². The molecule has 0 spiro atoms. The quantitative estimate of drug-likeness (QED) is 0.868. The molecule has 4 nitrogen and oxygen atoms in total. The number of aromatic nitrogens is 2. The minimum Gasteiger partial charge on any atom is -0.434 e. The average molecular weight is 332 g/mol. The number of halogens is 3. The van der Waals surface area contributed by atoms with Crippen molar-refractivity contribution in [3.63, 3.8) is 0 Å². The zero-order valence-electron chi connectivity index (χ0n) is 10.1. The number of hydrogen-bond acceptors (Lipinski definition) is 3. The standard InChI is InChI=1S/C13H9Cl3N2O2/c14-11-5-9(19)12(18-17-11)20-10-4-2-1-3-7(10)8-6-13(8,15)16/h1-5,8H,6H2,(H,17,19). The van der Waals surface area contributed by atoms with Gasteiger partial charge in [0.05, 0.1) is 0 Å². The molecule has 0 amide bonds. The van der Waals surface area contributed by atoms with Gasteiger partial charge in [-0.05, 0) is 12.5 Å². The molecule has 104 valence electrons. The number of aromatic amines is 1. The molecule has 1 N–H and O–H groups in total. The summed E-state index contributed by atoms with van der Waals surface area (Å²) in [6, 6.07) is 8.49. The van der Waals surface area contributed by atoms with Crippen LogP contribution in [0.3, 0.4) is 0 Å². The van der Waals surface area contributed by atoms with Gasteiger partial charge in [-0.3, -0.25) is 9.89 Å². The highest BCUT2D eigenvalue weighted by Crippen LogP contribution is 2.61. The topological polar surface area (TPSA) is 55.0 Å². The van der Waals surface area contributed by atoms with Gasteiger partial charge in [-0.25, -0.2) is 0 Å². The molecule has 1 heterocycles. The van der Waals surface area contributed by atoms with Crippen LogP contribution in [0.4, 0.5) is 0 Å². The lowest BCUT2D eigenvalue weighted by molar-refractivity contribution is 0.445. The Labute approximate surface area is 129 Å². The smallest absolute Gasteiger partial charge is 0.285 e. The maximum absolute atomic E-state index is 11.7. The molecule has 1 saturated carbocycles. The summed E-state index contributed by atoms with van der Waals surface area (Å²) in [4.78, 5) is 11.7. The van der Waals surface area contributed by atoms with Crippen LogP contribution in [0.2, 0.25) is 5.15 Å². The molecule has 7 heteroatoms. The lowest BCUT2D eigenvalue weighted by Gasteiger charge is -2.09. The van der Waals surface area contributed by atoms with Gasteiger partial charge < -0.3 is 4.74 Å². The number of hydrogen-bond donors (Lipinski definition) is 1. The van der Waals surface area contributed by atoms with Crippen LogP contribution >= 0.6 is 34.8 Å². The van der Waals surface area contributed by atoms with Gasteiger partial charge in [0.1, 0.15) is 15.2 Å². The van der Waals surface area contributed by atoms with E-state index < -0.39 is 9.76 Å². The Morgan fingerprint density at radius 2 is 2.05 bits per heavy atom. The third kappa shape index (κ3) is 2.64. The largest absolute Gasteiger partial charge is 0.434 e. The molecule has 1 aliphatic rings. The minimum atomic E-state index is -0.765. The van der Waals surface area contributed by atoms with Crippen LogP contribution in [0.15, 0.2) is 35.1 Å². The summed E-state index contributed by atoms with van der Waals surface area (Å²) in [6.07, 6.45) is 0.654. The number of para-hydroxylation sites is 1. The van der Waals surface area contributed by atoms with Crippen LogP contribution in [0.1, 0.15) is 17.9 Å². The van der Waals surface area contributed by atoms with Crippen molar-refractivity contribution in [3.8, 4) is 11.6 Å². The Morgan fingerprint density at radius 3 is 2.70 bits per heavy atom. The summed E-state index contributed by atoms with van der Waals surface area (Å²) >= 11 is 17.8. The molecule has 1 aliphatic carbocycles. The van der Waals surface area contributed by atoms with Crippen LogP contribution in [0.25, 0.3) is 0 Å². The first-order chi connectivity index (χ1) is 9.47. The number of nitrogens with one attached hydrogen (secondary N) is 1. The molecule has 1 unspecified atom stereocenters. The first-order valence-corrected chi connectivity index (χ1v) is 7.00. The molecule has 1 aromatic heterocycles. The molecule has 0 radical (unpaired) electrons. The molecule has 1 aromatic carbocycles. The van der Waals surface area contributed by atoms with Crippen LogP contribution in [-0.4, -0.2) is 14.5 Å². The molecule has 3 rings (SSSR count). The van der Waals surface area contributed by atoms with Gasteiger partial charge in [0.2, 0.25) is 5.43 Å². The molecular formula is C13H9Cl3N2O2. The molecule has 1 atom stereocenters. The molecule has 20 heavy (non-hydrogen) atoms. The van der Waals surface area contributed by atoms with Crippen LogP contribution in [-0.2, 0) is 0 Å². The first kappa shape index (κ1) is 13.7. The molecule has 0 saturated heterocycles. The molecular weight excluding hydrogens is 323 g/mol. The van der Waals surface area contributed by atoms with Crippen molar-refractivity contribution in [2.24, 2.45) is 0 Å². The van der Waals surface area contributed by atoms with E-state index in [-0.39, 0.29) is 17.0 Å². The number of alkyl halides is 2. The van der Waals surface area contributed by atoms with Gasteiger partial charge in [0, 0.05) is 17.5 Å². The highest BCUT2D eigenvalue weighted by Gasteiger charge is 2.53. The van der Waals surface area contributed by atoms with Crippen molar-refractivity contribution in [2.75, 3.05) is 0 Å².